The lowest BCUT2D eigenvalue weighted by Gasteiger charge is -2.14. The van der Waals surface area contributed by atoms with Crippen LogP contribution in [0.2, 0.25) is 0 Å². The van der Waals surface area contributed by atoms with Crippen molar-refractivity contribution in [2.24, 2.45) is 0 Å². The highest BCUT2D eigenvalue weighted by Gasteiger charge is 2.18. The lowest BCUT2D eigenvalue weighted by Crippen LogP contribution is -2.30. The minimum atomic E-state index is -3.70. The molecule has 0 unspecified atom stereocenters. The van der Waals surface area contributed by atoms with Gasteiger partial charge in [-0.2, -0.15) is 0 Å². The van der Waals surface area contributed by atoms with Crippen molar-refractivity contribution in [3.8, 4) is 11.5 Å². The van der Waals surface area contributed by atoms with E-state index in [1.807, 2.05) is 26.0 Å². The third-order valence-corrected chi connectivity index (χ3v) is 6.83. The zero-order valence-corrected chi connectivity index (χ0v) is 19.4. The van der Waals surface area contributed by atoms with Gasteiger partial charge in [0.25, 0.3) is 5.91 Å². The number of hydrogen-bond donors (Lipinski definition) is 2. The van der Waals surface area contributed by atoms with Crippen LogP contribution in [0.25, 0.3) is 0 Å². The Hall–Kier alpha value is -2.10. The van der Waals surface area contributed by atoms with Gasteiger partial charge in [-0.25, -0.2) is 13.1 Å². The predicted octanol–water partition coefficient (Wildman–Crippen LogP) is 3.78. The van der Waals surface area contributed by atoms with Crippen molar-refractivity contribution in [3.63, 3.8) is 0 Å². The Morgan fingerprint density at radius 1 is 1.14 bits per heavy atom. The van der Waals surface area contributed by atoms with Gasteiger partial charge >= 0.3 is 0 Å². The van der Waals surface area contributed by atoms with Crippen molar-refractivity contribution in [3.05, 3.63) is 45.9 Å². The number of sulfonamides is 1. The van der Waals surface area contributed by atoms with Crippen LogP contribution in [0.15, 0.2) is 39.7 Å². The van der Waals surface area contributed by atoms with E-state index in [1.165, 1.54) is 25.3 Å². The van der Waals surface area contributed by atoms with Crippen LogP contribution >= 0.6 is 15.9 Å². The molecular weight excluding hydrogens is 460 g/mol. The molecule has 0 atom stereocenters. The van der Waals surface area contributed by atoms with Crippen LogP contribution in [-0.2, 0) is 14.8 Å². The van der Waals surface area contributed by atoms with Gasteiger partial charge in [-0.15, -0.1) is 0 Å². The maximum atomic E-state index is 12.4. The second kappa shape index (κ2) is 9.60. The predicted molar refractivity (Wildman–Crippen MR) is 116 cm³/mol. The molecule has 0 radical (unpaired) electrons. The molecule has 29 heavy (non-hydrogen) atoms. The lowest BCUT2D eigenvalue weighted by atomic mass is 10.1. The number of nitrogens with one attached hydrogen (secondary N) is 2. The Morgan fingerprint density at radius 3 is 2.31 bits per heavy atom. The van der Waals surface area contributed by atoms with Gasteiger partial charge in [0, 0.05) is 10.5 Å². The Labute approximate surface area is 180 Å². The second-order valence-corrected chi connectivity index (χ2v) is 9.35. The van der Waals surface area contributed by atoms with E-state index >= 15 is 0 Å². The highest BCUT2D eigenvalue weighted by Crippen LogP contribution is 2.28. The fraction of sp³-hybridized carbons (Fsp3) is 0.350. The van der Waals surface area contributed by atoms with Gasteiger partial charge in [0.2, 0.25) is 10.0 Å². The topological polar surface area (TPSA) is 93.7 Å². The maximum absolute atomic E-state index is 12.4. The number of amides is 1. The molecule has 0 spiro atoms. The maximum Gasteiger partial charge on any atom is 0.262 e. The van der Waals surface area contributed by atoms with E-state index in [9.17, 15) is 13.2 Å². The van der Waals surface area contributed by atoms with E-state index in [1.54, 1.807) is 13.8 Å². The third kappa shape index (κ3) is 6.19. The fourth-order valence-electron chi connectivity index (χ4n) is 2.65. The van der Waals surface area contributed by atoms with Crippen LogP contribution in [0.1, 0.15) is 25.0 Å². The summed E-state index contributed by atoms with van der Waals surface area (Å²) in [6, 6.07) is 7.67. The monoisotopic (exact) mass is 484 g/mol. The van der Waals surface area contributed by atoms with E-state index in [0.29, 0.717) is 11.5 Å². The zero-order chi connectivity index (χ0) is 21.8. The van der Waals surface area contributed by atoms with Crippen molar-refractivity contribution in [1.29, 1.82) is 0 Å². The van der Waals surface area contributed by atoms with Crippen LogP contribution < -0.4 is 19.5 Å². The summed E-state index contributed by atoms with van der Waals surface area (Å²) in [6.07, 6.45) is 0. The first-order chi connectivity index (χ1) is 13.5. The average Bonchev–Trinajstić information content (AvgIpc) is 2.63. The number of carbonyl (C=O) groups excluding carboxylic acids is 1. The standard InChI is InChI=1S/C20H25BrN2O5S/c1-12(2)23-29(25,26)16-6-7-18(27-5)17(10-16)22-19(24)11-28-15-8-13(3)20(21)14(4)9-15/h6-10,12,23H,11H2,1-5H3,(H,22,24). The highest BCUT2D eigenvalue weighted by atomic mass is 79.9. The Bertz CT molecular complexity index is 983. The number of ether oxygens (including phenoxy) is 2. The summed E-state index contributed by atoms with van der Waals surface area (Å²) >= 11 is 3.49. The molecule has 2 aromatic carbocycles. The quantitative estimate of drug-likeness (QED) is 0.594. The minimum absolute atomic E-state index is 0.0300. The number of hydrogen-bond acceptors (Lipinski definition) is 5. The van der Waals surface area contributed by atoms with Gasteiger partial charge in [0.15, 0.2) is 6.61 Å². The first-order valence-electron chi connectivity index (χ1n) is 8.93. The van der Waals surface area contributed by atoms with Crippen molar-refractivity contribution in [2.75, 3.05) is 19.0 Å². The summed E-state index contributed by atoms with van der Waals surface area (Å²) in [7, 11) is -2.26. The first kappa shape index (κ1) is 23.2. The summed E-state index contributed by atoms with van der Waals surface area (Å²) in [6.45, 7) is 7.10. The molecule has 1 amide bonds. The largest absolute Gasteiger partial charge is 0.495 e. The summed E-state index contributed by atoms with van der Waals surface area (Å²) < 4.78 is 39.1. The van der Waals surface area contributed by atoms with Gasteiger partial charge in [-0.1, -0.05) is 15.9 Å². The first-order valence-corrected chi connectivity index (χ1v) is 11.2. The number of anilines is 1. The number of rotatable bonds is 8. The van der Waals surface area contributed by atoms with E-state index in [0.717, 1.165) is 15.6 Å². The number of methoxy groups -OCH3 is 1. The van der Waals surface area contributed by atoms with Gasteiger partial charge in [-0.3, -0.25) is 4.79 Å². The van der Waals surface area contributed by atoms with Crippen molar-refractivity contribution < 1.29 is 22.7 Å². The molecule has 2 aromatic rings. The molecule has 158 valence electrons. The van der Waals surface area contributed by atoms with E-state index in [-0.39, 0.29) is 23.2 Å². The normalized spacial score (nSPS) is 11.4. The van der Waals surface area contributed by atoms with E-state index < -0.39 is 15.9 Å². The van der Waals surface area contributed by atoms with Gasteiger partial charge in [-0.05, 0) is 69.2 Å². The second-order valence-electron chi connectivity index (χ2n) is 6.85. The number of halogens is 1. The van der Waals surface area contributed by atoms with Crippen molar-refractivity contribution in [2.45, 2.75) is 38.6 Å². The van der Waals surface area contributed by atoms with Crippen LogP contribution in [0.3, 0.4) is 0 Å². The van der Waals surface area contributed by atoms with E-state index in [2.05, 4.69) is 26.0 Å². The molecule has 0 aromatic heterocycles. The molecule has 0 aliphatic carbocycles. The number of benzene rings is 2. The van der Waals surface area contributed by atoms with Crippen LogP contribution in [0.5, 0.6) is 11.5 Å². The van der Waals surface area contributed by atoms with Crippen LogP contribution in [-0.4, -0.2) is 34.1 Å². The number of aryl methyl sites for hydroxylation is 2. The van der Waals surface area contributed by atoms with Gasteiger partial charge in [0.05, 0.1) is 17.7 Å². The smallest absolute Gasteiger partial charge is 0.262 e. The molecule has 2 N–H and O–H groups in total. The fourth-order valence-corrected chi connectivity index (χ4v) is 4.16. The SMILES string of the molecule is COc1ccc(S(=O)(=O)NC(C)C)cc1NC(=O)COc1cc(C)c(Br)c(C)c1. The molecule has 0 aliphatic rings. The molecule has 0 fully saturated rings. The summed E-state index contributed by atoms with van der Waals surface area (Å²) in [5, 5.41) is 2.65. The summed E-state index contributed by atoms with van der Waals surface area (Å²) in [5.41, 5.74) is 2.24. The number of carbonyl (C=O) groups is 1. The van der Waals surface area contributed by atoms with E-state index in [4.69, 9.17) is 9.47 Å². The molecule has 0 saturated heterocycles. The minimum Gasteiger partial charge on any atom is -0.495 e. The Kier molecular flexibility index (Phi) is 7.67. The van der Waals surface area contributed by atoms with Crippen molar-refractivity contribution >= 4 is 37.5 Å². The molecule has 0 aliphatic heterocycles. The third-order valence-electron chi connectivity index (χ3n) is 3.93. The van der Waals surface area contributed by atoms with Gasteiger partial charge < -0.3 is 14.8 Å². The lowest BCUT2D eigenvalue weighted by molar-refractivity contribution is -0.118. The van der Waals surface area contributed by atoms with Gasteiger partial charge in [0.1, 0.15) is 11.5 Å². The molecule has 2 rings (SSSR count). The molecule has 7 nitrogen and oxygen atoms in total. The molecule has 0 saturated carbocycles. The summed E-state index contributed by atoms with van der Waals surface area (Å²) in [4.78, 5) is 12.4. The molecule has 0 heterocycles. The van der Waals surface area contributed by atoms with Crippen molar-refractivity contribution in [1.82, 2.24) is 4.72 Å². The molecule has 9 heteroatoms. The average molecular weight is 485 g/mol. The Morgan fingerprint density at radius 2 is 1.76 bits per heavy atom. The van der Waals surface area contributed by atoms with Crippen LogP contribution in [0.4, 0.5) is 5.69 Å². The van der Waals surface area contributed by atoms with Crippen LogP contribution in [0, 0.1) is 13.8 Å². The highest BCUT2D eigenvalue weighted by molar-refractivity contribution is 9.10. The Balaban J connectivity index is 2.15. The summed E-state index contributed by atoms with van der Waals surface area (Å²) in [5.74, 6) is 0.479. The molecule has 0 bridgehead atoms. The molecular formula is C20H25BrN2O5S. The zero-order valence-electron chi connectivity index (χ0n) is 17.0.